The number of rotatable bonds is 5. The van der Waals surface area contributed by atoms with Crippen molar-refractivity contribution < 1.29 is 14.2 Å². The van der Waals surface area contributed by atoms with Gasteiger partial charge in [-0.05, 0) is 54.4 Å². The van der Waals surface area contributed by atoms with Crippen molar-refractivity contribution in [3.05, 3.63) is 28.0 Å². The third-order valence-electron chi connectivity index (χ3n) is 3.13. The Morgan fingerprint density at radius 1 is 1.56 bits per heavy atom. The summed E-state index contributed by atoms with van der Waals surface area (Å²) in [5.41, 5.74) is 0.489. The Kier molecular flexibility index (Phi) is 4.59. The smallest absolute Gasteiger partial charge is 0.139 e. The van der Waals surface area contributed by atoms with Gasteiger partial charge in [-0.25, -0.2) is 4.39 Å². The topological polar surface area (TPSA) is 41.5 Å². The third kappa shape index (κ3) is 3.02. The van der Waals surface area contributed by atoms with Crippen LogP contribution in [0.1, 0.15) is 30.9 Å². The molecule has 3 nitrogen and oxygen atoms in total. The molecular weight excluding hydrogens is 301 g/mol. The maximum absolute atomic E-state index is 13.4. The summed E-state index contributed by atoms with van der Waals surface area (Å²) in [5.74, 6) is 0.178. The van der Waals surface area contributed by atoms with E-state index in [-0.39, 0.29) is 11.9 Å². The van der Waals surface area contributed by atoms with Crippen LogP contribution in [0.4, 0.5) is 4.39 Å². The van der Waals surface area contributed by atoms with Crippen LogP contribution in [0, 0.1) is 5.82 Å². The molecule has 0 heterocycles. The number of benzene rings is 1. The van der Waals surface area contributed by atoms with Crippen molar-refractivity contribution in [2.75, 3.05) is 13.6 Å². The zero-order valence-electron chi connectivity index (χ0n) is 10.2. The molecule has 1 saturated carbocycles. The number of aliphatic hydroxyl groups is 1. The van der Waals surface area contributed by atoms with Crippen LogP contribution in [0.3, 0.4) is 0 Å². The lowest BCUT2D eigenvalue weighted by atomic mass is 9.96. The molecule has 0 bridgehead atoms. The molecule has 0 spiro atoms. The number of aliphatic hydroxyl groups excluding tert-OH is 1. The summed E-state index contributed by atoms with van der Waals surface area (Å²) in [4.78, 5) is 0. The van der Waals surface area contributed by atoms with Gasteiger partial charge in [0, 0.05) is 12.1 Å². The van der Waals surface area contributed by atoms with Gasteiger partial charge in [-0.2, -0.15) is 0 Å². The normalized spacial score (nSPS) is 17.3. The Morgan fingerprint density at radius 3 is 2.83 bits per heavy atom. The zero-order valence-corrected chi connectivity index (χ0v) is 11.8. The van der Waals surface area contributed by atoms with Crippen molar-refractivity contribution in [1.82, 2.24) is 5.32 Å². The first kappa shape index (κ1) is 13.8. The second-order valence-corrected chi connectivity index (χ2v) is 5.40. The van der Waals surface area contributed by atoms with E-state index in [1.54, 1.807) is 7.05 Å². The lowest BCUT2D eigenvalue weighted by molar-refractivity contribution is 0.109. The average Bonchev–Trinajstić information content (AvgIpc) is 2.24. The Labute approximate surface area is 114 Å². The average molecular weight is 318 g/mol. The van der Waals surface area contributed by atoms with Gasteiger partial charge >= 0.3 is 0 Å². The lowest BCUT2D eigenvalue weighted by Gasteiger charge is -2.29. The highest BCUT2D eigenvalue weighted by molar-refractivity contribution is 9.10. The molecule has 1 fully saturated rings. The van der Waals surface area contributed by atoms with Crippen LogP contribution < -0.4 is 10.1 Å². The van der Waals surface area contributed by atoms with E-state index in [0.29, 0.717) is 22.3 Å². The third-order valence-corrected chi connectivity index (χ3v) is 3.72. The van der Waals surface area contributed by atoms with Crippen LogP contribution in [-0.2, 0) is 0 Å². The predicted octanol–water partition coefficient (Wildman–Crippen LogP) is 2.77. The predicted molar refractivity (Wildman–Crippen MR) is 71.3 cm³/mol. The van der Waals surface area contributed by atoms with Gasteiger partial charge in [-0.15, -0.1) is 0 Å². The zero-order chi connectivity index (χ0) is 13.1. The minimum atomic E-state index is -0.780. The van der Waals surface area contributed by atoms with Crippen molar-refractivity contribution in [3.63, 3.8) is 0 Å². The minimum Gasteiger partial charge on any atom is -0.489 e. The molecule has 1 atom stereocenters. The summed E-state index contributed by atoms with van der Waals surface area (Å²) in [6.45, 7) is 0.358. The number of halogens is 2. The van der Waals surface area contributed by atoms with Crippen LogP contribution in [0.15, 0.2) is 16.6 Å². The van der Waals surface area contributed by atoms with E-state index in [1.165, 1.54) is 12.1 Å². The van der Waals surface area contributed by atoms with Crippen LogP contribution in [0.2, 0.25) is 0 Å². The SMILES string of the molecule is CNCC(O)c1cc(F)cc(Br)c1OC1CCC1. The van der Waals surface area contributed by atoms with Crippen molar-refractivity contribution in [2.45, 2.75) is 31.5 Å². The van der Waals surface area contributed by atoms with Gasteiger partial charge in [0.25, 0.3) is 0 Å². The maximum Gasteiger partial charge on any atom is 0.139 e. The first-order valence-electron chi connectivity index (χ1n) is 6.10. The molecular formula is C13H17BrFNO2. The lowest BCUT2D eigenvalue weighted by Crippen LogP contribution is -2.26. The standard InChI is InChI=1S/C13H17BrFNO2/c1-16-7-12(17)10-5-8(15)6-11(14)13(10)18-9-3-2-4-9/h5-6,9,12,16-17H,2-4,7H2,1H3. The second-order valence-electron chi connectivity index (χ2n) is 4.55. The Balaban J connectivity index is 2.28. The quantitative estimate of drug-likeness (QED) is 0.877. The largest absolute Gasteiger partial charge is 0.489 e. The van der Waals surface area contributed by atoms with E-state index >= 15 is 0 Å². The summed E-state index contributed by atoms with van der Waals surface area (Å²) >= 11 is 3.30. The molecule has 100 valence electrons. The molecule has 1 aliphatic rings. The van der Waals surface area contributed by atoms with Gasteiger partial charge in [-0.3, -0.25) is 0 Å². The maximum atomic E-state index is 13.4. The molecule has 0 saturated heterocycles. The minimum absolute atomic E-state index is 0.187. The molecule has 1 unspecified atom stereocenters. The molecule has 0 aliphatic heterocycles. The monoisotopic (exact) mass is 317 g/mol. The molecule has 1 aliphatic carbocycles. The number of hydrogen-bond donors (Lipinski definition) is 2. The molecule has 18 heavy (non-hydrogen) atoms. The summed E-state index contributed by atoms with van der Waals surface area (Å²) in [7, 11) is 1.74. The number of nitrogens with one attached hydrogen (secondary N) is 1. The fraction of sp³-hybridized carbons (Fsp3) is 0.538. The summed E-state index contributed by atoms with van der Waals surface area (Å²) in [5, 5.41) is 12.9. The highest BCUT2D eigenvalue weighted by atomic mass is 79.9. The molecule has 1 aromatic rings. The van der Waals surface area contributed by atoms with E-state index < -0.39 is 6.10 Å². The molecule has 0 aromatic heterocycles. The highest BCUT2D eigenvalue weighted by Gasteiger charge is 2.24. The number of ether oxygens (including phenoxy) is 1. The summed E-state index contributed by atoms with van der Waals surface area (Å²) in [6.07, 6.45) is 2.61. The second kappa shape index (κ2) is 5.99. The van der Waals surface area contributed by atoms with E-state index in [2.05, 4.69) is 21.2 Å². The fourth-order valence-electron chi connectivity index (χ4n) is 1.91. The molecule has 5 heteroatoms. The summed E-state index contributed by atoms with van der Waals surface area (Å²) in [6, 6.07) is 2.70. The fourth-order valence-corrected chi connectivity index (χ4v) is 2.45. The Morgan fingerprint density at radius 2 is 2.28 bits per heavy atom. The Bertz CT molecular complexity index is 424. The summed E-state index contributed by atoms with van der Waals surface area (Å²) < 4.78 is 19.8. The van der Waals surface area contributed by atoms with E-state index in [4.69, 9.17) is 4.74 Å². The van der Waals surface area contributed by atoms with Crippen molar-refractivity contribution in [2.24, 2.45) is 0 Å². The van der Waals surface area contributed by atoms with Crippen LogP contribution in [0.5, 0.6) is 5.75 Å². The van der Waals surface area contributed by atoms with Crippen molar-refractivity contribution in [3.8, 4) is 5.75 Å². The van der Waals surface area contributed by atoms with E-state index in [1.807, 2.05) is 0 Å². The number of likely N-dealkylation sites (N-methyl/N-ethyl adjacent to an activating group) is 1. The first-order valence-corrected chi connectivity index (χ1v) is 6.89. The molecule has 1 aromatic carbocycles. The molecule has 2 N–H and O–H groups in total. The number of hydrogen-bond acceptors (Lipinski definition) is 3. The van der Waals surface area contributed by atoms with Crippen LogP contribution in [-0.4, -0.2) is 24.8 Å². The van der Waals surface area contributed by atoms with Gasteiger partial charge < -0.3 is 15.2 Å². The van der Waals surface area contributed by atoms with Crippen molar-refractivity contribution >= 4 is 15.9 Å². The van der Waals surface area contributed by atoms with Crippen LogP contribution >= 0.6 is 15.9 Å². The van der Waals surface area contributed by atoms with Gasteiger partial charge in [-0.1, -0.05) is 0 Å². The van der Waals surface area contributed by atoms with Gasteiger partial charge in [0.05, 0.1) is 16.7 Å². The molecule has 2 rings (SSSR count). The van der Waals surface area contributed by atoms with Crippen LogP contribution in [0.25, 0.3) is 0 Å². The van der Waals surface area contributed by atoms with Gasteiger partial charge in [0.15, 0.2) is 0 Å². The first-order chi connectivity index (χ1) is 8.61. The van der Waals surface area contributed by atoms with Crippen molar-refractivity contribution in [1.29, 1.82) is 0 Å². The van der Waals surface area contributed by atoms with Gasteiger partial charge in [0.2, 0.25) is 0 Å². The Hall–Kier alpha value is -0.650. The van der Waals surface area contributed by atoms with E-state index in [0.717, 1.165) is 19.3 Å². The highest BCUT2D eigenvalue weighted by Crippen LogP contribution is 2.37. The van der Waals surface area contributed by atoms with E-state index in [9.17, 15) is 9.50 Å². The molecule has 0 radical (unpaired) electrons. The molecule has 0 amide bonds. The van der Waals surface area contributed by atoms with Gasteiger partial charge in [0.1, 0.15) is 11.6 Å².